The van der Waals surface area contributed by atoms with E-state index in [0.717, 1.165) is 0 Å². The fraction of sp³-hybridized carbons (Fsp3) is 0.286. The van der Waals surface area contributed by atoms with Gasteiger partial charge in [-0.05, 0) is 45.0 Å². The van der Waals surface area contributed by atoms with Crippen LogP contribution in [-0.4, -0.2) is 21.2 Å². The van der Waals surface area contributed by atoms with Gasteiger partial charge in [-0.25, -0.2) is 9.78 Å². The first-order valence-electron chi connectivity index (χ1n) is 5.90. The molecule has 0 aliphatic heterocycles. The lowest BCUT2D eigenvalue weighted by atomic mass is 10.2. The summed E-state index contributed by atoms with van der Waals surface area (Å²) in [7, 11) is 0. The molecule has 4 nitrogen and oxygen atoms in total. The standard InChI is InChI=1S/C14H15ClN2O2/c1-14(2,3)19-13(18)17-9-5-7-11(17)10-6-4-8-16-12(10)15/h4-9H,1-3H3. The highest BCUT2D eigenvalue weighted by Gasteiger charge is 2.20. The van der Waals surface area contributed by atoms with Gasteiger partial charge in [-0.3, -0.25) is 4.57 Å². The highest BCUT2D eigenvalue weighted by atomic mass is 35.5. The van der Waals surface area contributed by atoms with Gasteiger partial charge in [0.2, 0.25) is 0 Å². The Hall–Kier alpha value is -1.81. The van der Waals surface area contributed by atoms with Gasteiger partial charge in [0.05, 0.1) is 5.69 Å². The van der Waals surface area contributed by atoms with Crippen LogP contribution in [0.5, 0.6) is 0 Å². The van der Waals surface area contributed by atoms with Crippen molar-refractivity contribution < 1.29 is 9.53 Å². The third-order valence-corrected chi connectivity index (χ3v) is 2.68. The molecule has 0 spiro atoms. The smallest absolute Gasteiger partial charge is 0.418 e. The molecule has 2 heterocycles. The molecule has 0 amide bonds. The van der Waals surface area contributed by atoms with E-state index in [-0.39, 0.29) is 0 Å². The fourth-order valence-corrected chi connectivity index (χ4v) is 1.86. The highest BCUT2D eigenvalue weighted by molar-refractivity contribution is 6.32. The molecule has 0 aliphatic rings. The van der Waals surface area contributed by atoms with Gasteiger partial charge >= 0.3 is 6.09 Å². The first kappa shape index (κ1) is 13.6. The molecule has 0 N–H and O–H groups in total. The van der Waals surface area contributed by atoms with Crippen LogP contribution in [0.2, 0.25) is 5.15 Å². The Morgan fingerprint density at radius 2 is 2.05 bits per heavy atom. The first-order valence-corrected chi connectivity index (χ1v) is 6.28. The van der Waals surface area contributed by atoms with Crippen LogP contribution in [0.15, 0.2) is 36.7 Å². The van der Waals surface area contributed by atoms with Crippen molar-refractivity contribution in [2.75, 3.05) is 0 Å². The van der Waals surface area contributed by atoms with Crippen molar-refractivity contribution in [2.45, 2.75) is 26.4 Å². The summed E-state index contributed by atoms with van der Waals surface area (Å²) >= 11 is 6.05. The number of pyridine rings is 1. The lowest BCUT2D eigenvalue weighted by Crippen LogP contribution is -2.27. The molecule has 0 unspecified atom stereocenters. The Bertz CT molecular complexity index is 599. The molecule has 0 bridgehead atoms. The number of hydrogen-bond donors (Lipinski definition) is 0. The van der Waals surface area contributed by atoms with Gasteiger partial charge in [0, 0.05) is 18.0 Å². The normalized spacial score (nSPS) is 11.4. The van der Waals surface area contributed by atoms with E-state index < -0.39 is 11.7 Å². The first-order chi connectivity index (χ1) is 8.88. The van der Waals surface area contributed by atoms with E-state index in [9.17, 15) is 4.79 Å². The zero-order chi connectivity index (χ0) is 14.0. The average molecular weight is 279 g/mol. The summed E-state index contributed by atoms with van der Waals surface area (Å²) in [6.07, 6.45) is 2.81. The Morgan fingerprint density at radius 3 is 2.68 bits per heavy atom. The number of carbonyl (C=O) groups excluding carboxylic acids is 1. The second-order valence-electron chi connectivity index (χ2n) is 5.09. The number of carbonyl (C=O) groups is 1. The molecule has 0 fully saturated rings. The Balaban J connectivity index is 2.39. The number of hydrogen-bond acceptors (Lipinski definition) is 3. The van der Waals surface area contributed by atoms with Crippen LogP contribution in [0.4, 0.5) is 4.79 Å². The topological polar surface area (TPSA) is 44.1 Å². The summed E-state index contributed by atoms with van der Waals surface area (Å²) in [6.45, 7) is 5.47. The molecule has 19 heavy (non-hydrogen) atoms. The van der Waals surface area contributed by atoms with Crippen molar-refractivity contribution in [3.05, 3.63) is 41.8 Å². The molecule has 0 aliphatic carbocycles. The minimum atomic E-state index is -0.544. The van der Waals surface area contributed by atoms with E-state index in [1.807, 2.05) is 26.8 Å². The van der Waals surface area contributed by atoms with Crippen LogP contribution in [0.3, 0.4) is 0 Å². The SMILES string of the molecule is CC(C)(C)OC(=O)n1cccc1-c1cccnc1Cl. The van der Waals surface area contributed by atoms with E-state index in [1.54, 1.807) is 30.6 Å². The maximum atomic E-state index is 12.1. The molecule has 5 heteroatoms. The van der Waals surface area contributed by atoms with Crippen molar-refractivity contribution in [1.29, 1.82) is 0 Å². The second-order valence-corrected chi connectivity index (χ2v) is 5.44. The van der Waals surface area contributed by atoms with Crippen LogP contribution in [0, 0.1) is 0 Å². The van der Waals surface area contributed by atoms with E-state index >= 15 is 0 Å². The molecule has 2 aromatic rings. The van der Waals surface area contributed by atoms with E-state index in [2.05, 4.69) is 4.98 Å². The molecular formula is C14H15ClN2O2. The Kier molecular flexibility index (Phi) is 3.62. The fourth-order valence-electron chi connectivity index (χ4n) is 1.65. The monoisotopic (exact) mass is 278 g/mol. The van der Waals surface area contributed by atoms with Crippen LogP contribution in [0.25, 0.3) is 11.3 Å². The van der Waals surface area contributed by atoms with Gasteiger partial charge in [-0.1, -0.05) is 11.6 Å². The van der Waals surface area contributed by atoms with Crippen LogP contribution in [0.1, 0.15) is 20.8 Å². The van der Waals surface area contributed by atoms with Crippen molar-refractivity contribution in [1.82, 2.24) is 9.55 Å². The van der Waals surface area contributed by atoms with Crippen molar-refractivity contribution >= 4 is 17.7 Å². The van der Waals surface area contributed by atoms with Gasteiger partial charge in [0.1, 0.15) is 10.8 Å². The summed E-state index contributed by atoms with van der Waals surface area (Å²) < 4.78 is 6.77. The summed E-state index contributed by atoms with van der Waals surface area (Å²) in [4.78, 5) is 16.1. The Labute approximate surface area is 117 Å². The molecule has 0 radical (unpaired) electrons. The van der Waals surface area contributed by atoms with Gasteiger partial charge in [0.25, 0.3) is 0 Å². The van der Waals surface area contributed by atoms with E-state index in [1.165, 1.54) is 4.57 Å². The van der Waals surface area contributed by atoms with Gasteiger partial charge in [0.15, 0.2) is 0 Å². The summed E-state index contributed by atoms with van der Waals surface area (Å²) in [6, 6.07) is 7.15. The summed E-state index contributed by atoms with van der Waals surface area (Å²) in [5.74, 6) is 0. The minimum Gasteiger partial charge on any atom is -0.443 e. The lowest BCUT2D eigenvalue weighted by molar-refractivity contribution is 0.0540. The highest BCUT2D eigenvalue weighted by Crippen LogP contribution is 2.26. The van der Waals surface area contributed by atoms with Crippen LogP contribution in [-0.2, 0) is 4.74 Å². The molecule has 0 aromatic carbocycles. The second kappa shape index (κ2) is 5.05. The molecular weight excluding hydrogens is 264 g/mol. The Morgan fingerprint density at radius 1 is 1.32 bits per heavy atom. The predicted molar refractivity (Wildman–Crippen MR) is 74.3 cm³/mol. The molecule has 2 aromatic heterocycles. The number of nitrogens with zero attached hydrogens (tertiary/aromatic N) is 2. The zero-order valence-corrected chi connectivity index (χ0v) is 11.8. The average Bonchev–Trinajstić information content (AvgIpc) is 2.76. The number of aromatic nitrogens is 2. The third kappa shape index (κ3) is 3.15. The van der Waals surface area contributed by atoms with Gasteiger partial charge in [-0.15, -0.1) is 0 Å². The number of ether oxygens (including phenoxy) is 1. The van der Waals surface area contributed by atoms with E-state index in [4.69, 9.17) is 16.3 Å². The molecule has 0 atom stereocenters. The maximum Gasteiger partial charge on any atom is 0.418 e. The predicted octanol–water partition coefficient (Wildman–Crippen LogP) is 3.99. The van der Waals surface area contributed by atoms with E-state index in [0.29, 0.717) is 16.4 Å². The minimum absolute atomic E-state index is 0.353. The quantitative estimate of drug-likeness (QED) is 0.741. The number of halogens is 1. The zero-order valence-electron chi connectivity index (χ0n) is 11.1. The van der Waals surface area contributed by atoms with Gasteiger partial charge < -0.3 is 4.74 Å². The molecule has 100 valence electrons. The molecule has 0 saturated heterocycles. The summed E-state index contributed by atoms with van der Waals surface area (Å²) in [5, 5.41) is 0.353. The third-order valence-electron chi connectivity index (χ3n) is 2.37. The van der Waals surface area contributed by atoms with Gasteiger partial charge in [-0.2, -0.15) is 0 Å². The van der Waals surface area contributed by atoms with Crippen molar-refractivity contribution in [2.24, 2.45) is 0 Å². The lowest BCUT2D eigenvalue weighted by Gasteiger charge is -2.20. The van der Waals surface area contributed by atoms with Crippen LogP contribution < -0.4 is 0 Å². The largest absolute Gasteiger partial charge is 0.443 e. The van der Waals surface area contributed by atoms with Crippen molar-refractivity contribution in [3.8, 4) is 11.3 Å². The number of rotatable bonds is 1. The molecule has 2 rings (SSSR count). The maximum absolute atomic E-state index is 12.1. The van der Waals surface area contributed by atoms with Crippen molar-refractivity contribution in [3.63, 3.8) is 0 Å². The van der Waals surface area contributed by atoms with Crippen LogP contribution >= 0.6 is 11.6 Å². The summed E-state index contributed by atoms with van der Waals surface area (Å²) in [5.41, 5.74) is 0.810. The molecule has 0 saturated carbocycles.